The van der Waals surface area contributed by atoms with Gasteiger partial charge in [-0.25, -0.2) is 0 Å². The number of rotatable bonds is 6. The lowest BCUT2D eigenvalue weighted by molar-refractivity contribution is -0.125. The molecule has 2 rings (SSSR count). The van der Waals surface area contributed by atoms with Crippen molar-refractivity contribution in [1.82, 2.24) is 4.90 Å². The number of carbonyl (C=O) groups is 1. The van der Waals surface area contributed by atoms with E-state index in [4.69, 9.17) is 32.7 Å². The van der Waals surface area contributed by atoms with Crippen LogP contribution in [0.2, 0.25) is 10.0 Å². The van der Waals surface area contributed by atoms with Crippen molar-refractivity contribution in [1.29, 1.82) is 0 Å². The van der Waals surface area contributed by atoms with E-state index in [1.807, 2.05) is 18.2 Å². The zero-order valence-electron chi connectivity index (χ0n) is 14.3. The third kappa shape index (κ3) is 5.15. The van der Waals surface area contributed by atoms with Crippen molar-refractivity contribution in [3.05, 3.63) is 63.6 Å². The van der Waals surface area contributed by atoms with Gasteiger partial charge in [0, 0.05) is 29.7 Å². The van der Waals surface area contributed by atoms with Gasteiger partial charge in [-0.1, -0.05) is 35.3 Å². The van der Waals surface area contributed by atoms with Gasteiger partial charge in [0.25, 0.3) is 0 Å². The fraction of sp³-hybridized carbons (Fsp3) is 0.211. The summed E-state index contributed by atoms with van der Waals surface area (Å²) in [6, 6.07) is 10.7. The van der Waals surface area contributed by atoms with E-state index in [1.54, 1.807) is 50.4 Å². The van der Waals surface area contributed by atoms with Crippen LogP contribution in [0, 0.1) is 0 Å². The minimum absolute atomic E-state index is 0.138. The normalized spacial score (nSPS) is 10.8. The summed E-state index contributed by atoms with van der Waals surface area (Å²) in [7, 11) is 4.89. The Morgan fingerprint density at radius 2 is 1.80 bits per heavy atom. The number of nitrogens with zero attached hydrogens (tertiary/aromatic N) is 1. The van der Waals surface area contributed by atoms with Crippen molar-refractivity contribution in [3.63, 3.8) is 0 Å². The van der Waals surface area contributed by atoms with Crippen molar-refractivity contribution in [2.45, 2.75) is 6.54 Å². The van der Waals surface area contributed by atoms with Gasteiger partial charge in [0.1, 0.15) is 0 Å². The van der Waals surface area contributed by atoms with Gasteiger partial charge < -0.3 is 14.4 Å². The predicted octanol–water partition coefficient (Wildman–Crippen LogP) is 4.68. The molecular weight excluding hydrogens is 361 g/mol. The number of amides is 1. The second-order valence-electron chi connectivity index (χ2n) is 5.38. The Balaban J connectivity index is 2.06. The number of hydrogen-bond donors (Lipinski definition) is 0. The average molecular weight is 380 g/mol. The van der Waals surface area contributed by atoms with E-state index in [-0.39, 0.29) is 5.91 Å². The van der Waals surface area contributed by atoms with E-state index in [0.29, 0.717) is 28.1 Å². The number of likely N-dealkylation sites (N-methyl/N-ethyl adjacent to an activating group) is 1. The lowest BCUT2D eigenvalue weighted by Crippen LogP contribution is -2.24. The Labute approximate surface area is 157 Å². The minimum Gasteiger partial charge on any atom is -0.493 e. The fourth-order valence-electron chi connectivity index (χ4n) is 2.26. The molecule has 0 heterocycles. The van der Waals surface area contributed by atoms with Gasteiger partial charge in [0.05, 0.1) is 14.2 Å². The first-order valence-electron chi connectivity index (χ1n) is 7.53. The number of benzene rings is 2. The van der Waals surface area contributed by atoms with Crippen LogP contribution in [0.4, 0.5) is 0 Å². The van der Waals surface area contributed by atoms with Crippen LogP contribution in [0.25, 0.3) is 6.08 Å². The van der Waals surface area contributed by atoms with Gasteiger partial charge in [-0.05, 0) is 41.5 Å². The van der Waals surface area contributed by atoms with Crippen LogP contribution in [0.15, 0.2) is 42.5 Å². The second kappa shape index (κ2) is 8.79. The molecule has 0 N–H and O–H groups in total. The van der Waals surface area contributed by atoms with Crippen molar-refractivity contribution < 1.29 is 14.3 Å². The Hall–Kier alpha value is -2.17. The summed E-state index contributed by atoms with van der Waals surface area (Å²) < 4.78 is 10.5. The van der Waals surface area contributed by atoms with E-state index in [0.717, 1.165) is 11.1 Å². The van der Waals surface area contributed by atoms with E-state index >= 15 is 0 Å². The van der Waals surface area contributed by atoms with E-state index in [1.165, 1.54) is 6.08 Å². The van der Waals surface area contributed by atoms with Gasteiger partial charge in [-0.15, -0.1) is 0 Å². The molecule has 0 saturated carbocycles. The standard InChI is InChI=1S/C19H19Cl2NO3/c1-22(12-13-4-8-17(24-2)18(10-13)25-3)19(23)9-6-14-5-7-15(20)11-16(14)21/h4-11H,12H2,1-3H3/b9-6+. The molecule has 132 valence electrons. The summed E-state index contributed by atoms with van der Waals surface area (Å²) in [5.74, 6) is 1.14. The first-order chi connectivity index (χ1) is 11.9. The Bertz CT molecular complexity index is 790. The summed E-state index contributed by atoms with van der Waals surface area (Å²) in [5.41, 5.74) is 1.67. The summed E-state index contributed by atoms with van der Waals surface area (Å²) in [4.78, 5) is 13.9. The van der Waals surface area contributed by atoms with Crippen molar-refractivity contribution in [2.75, 3.05) is 21.3 Å². The fourth-order valence-corrected chi connectivity index (χ4v) is 2.73. The number of carbonyl (C=O) groups excluding carboxylic acids is 1. The quantitative estimate of drug-likeness (QED) is 0.683. The average Bonchev–Trinajstić information content (AvgIpc) is 2.60. The molecule has 0 saturated heterocycles. The van der Waals surface area contributed by atoms with Gasteiger partial charge in [-0.3, -0.25) is 4.79 Å². The molecule has 25 heavy (non-hydrogen) atoms. The van der Waals surface area contributed by atoms with Gasteiger partial charge in [0.2, 0.25) is 5.91 Å². The molecule has 2 aromatic carbocycles. The van der Waals surface area contributed by atoms with Gasteiger partial charge >= 0.3 is 0 Å². The van der Waals surface area contributed by atoms with Crippen LogP contribution in [0.3, 0.4) is 0 Å². The van der Waals surface area contributed by atoms with Crippen molar-refractivity contribution in [2.24, 2.45) is 0 Å². The molecule has 0 aliphatic carbocycles. The second-order valence-corrected chi connectivity index (χ2v) is 6.23. The molecule has 0 radical (unpaired) electrons. The molecule has 0 aromatic heterocycles. The van der Waals surface area contributed by atoms with Crippen LogP contribution < -0.4 is 9.47 Å². The maximum atomic E-state index is 12.3. The summed E-state index contributed by atoms with van der Waals surface area (Å²) >= 11 is 12.0. The molecule has 0 aliphatic heterocycles. The van der Waals surface area contributed by atoms with Crippen LogP contribution in [-0.2, 0) is 11.3 Å². The predicted molar refractivity (Wildman–Crippen MR) is 102 cm³/mol. The highest BCUT2D eigenvalue weighted by atomic mass is 35.5. The number of ether oxygens (including phenoxy) is 2. The van der Waals surface area contributed by atoms with Crippen molar-refractivity contribution in [3.8, 4) is 11.5 Å². The highest BCUT2D eigenvalue weighted by Crippen LogP contribution is 2.28. The van der Waals surface area contributed by atoms with Crippen molar-refractivity contribution >= 4 is 35.2 Å². The maximum Gasteiger partial charge on any atom is 0.246 e. The highest BCUT2D eigenvalue weighted by Gasteiger charge is 2.09. The van der Waals surface area contributed by atoms with Gasteiger partial charge in [0.15, 0.2) is 11.5 Å². The topological polar surface area (TPSA) is 38.8 Å². The molecule has 4 nitrogen and oxygen atoms in total. The first-order valence-corrected chi connectivity index (χ1v) is 8.29. The van der Waals surface area contributed by atoms with E-state index in [2.05, 4.69) is 0 Å². The summed E-state index contributed by atoms with van der Waals surface area (Å²) in [6.45, 7) is 0.442. The molecule has 0 unspecified atom stereocenters. The molecule has 2 aromatic rings. The molecule has 0 spiro atoms. The van der Waals surface area contributed by atoms with Gasteiger partial charge in [-0.2, -0.15) is 0 Å². The molecule has 0 atom stereocenters. The molecule has 0 fully saturated rings. The first kappa shape index (κ1) is 19.2. The van der Waals surface area contributed by atoms with Crippen LogP contribution >= 0.6 is 23.2 Å². The summed E-state index contributed by atoms with van der Waals surface area (Å²) in [6.07, 6.45) is 3.15. The smallest absolute Gasteiger partial charge is 0.246 e. The van der Waals surface area contributed by atoms with Crippen LogP contribution in [0.5, 0.6) is 11.5 Å². The lowest BCUT2D eigenvalue weighted by Gasteiger charge is -2.16. The third-order valence-electron chi connectivity index (χ3n) is 3.61. The zero-order chi connectivity index (χ0) is 18.4. The zero-order valence-corrected chi connectivity index (χ0v) is 15.8. The maximum absolute atomic E-state index is 12.3. The largest absolute Gasteiger partial charge is 0.493 e. The Morgan fingerprint density at radius 1 is 1.08 bits per heavy atom. The monoisotopic (exact) mass is 379 g/mol. The molecule has 1 amide bonds. The van der Waals surface area contributed by atoms with Crippen LogP contribution in [0.1, 0.15) is 11.1 Å². The molecule has 0 bridgehead atoms. The molecular formula is C19H19Cl2NO3. The SMILES string of the molecule is COc1ccc(CN(C)C(=O)/C=C/c2ccc(Cl)cc2Cl)cc1OC. The lowest BCUT2D eigenvalue weighted by atomic mass is 10.2. The highest BCUT2D eigenvalue weighted by molar-refractivity contribution is 6.35. The number of hydrogen-bond acceptors (Lipinski definition) is 3. The van der Waals surface area contributed by atoms with E-state index in [9.17, 15) is 4.79 Å². The number of halogens is 2. The molecule has 6 heteroatoms. The van der Waals surface area contributed by atoms with E-state index < -0.39 is 0 Å². The van der Waals surface area contributed by atoms with Crippen LogP contribution in [-0.4, -0.2) is 32.1 Å². The summed E-state index contributed by atoms with van der Waals surface area (Å²) in [5, 5.41) is 1.05. The molecule has 0 aliphatic rings. The Morgan fingerprint density at radius 3 is 2.44 bits per heavy atom. The third-order valence-corrected chi connectivity index (χ3v) is 4.17. The number of methoxy groups -OCH3 is 2. The Kier molecular flexibility index (Phi) is 6.73. The minimum atomic E-state index is -0.138.